The fraction of sp³-hybridized carbons (Fsp3) is 0.235. The van der Waals surface area contributed by atoms with Gasteiger partial charge in [-0.3, -0.25) is 0 Å². The van der Waals surface area contributed by atoms with Crippen LogP contribution in [0.3, 0.4) is 0 Å². The maximum absolute atomic E-state index is 11.6. The Balaban J connectivity index is 2.21. The molecule has 0 aliphatic carbocycles. The van der Waals surface area contributed by atoms with Crippen molar-refractivity contribution in [3.05, 3.63) is 60.2 Å². The highest BCUT2D eigenvalue weighted by Crippen LogP contribution is 2.25. The molecule has 0 amide bonds. The van der Waals surface area contributed by atoms with Crippen LogP contribution in [0.15, 0.2) is 54.6 Å². The maximum atomic E-state index is 11.6. The summed E-state index contributed by atoms with van der Waals surface area (Å²) in [5.41, 5.74) is 1.40. The lowest BCUT2D eigenvalue weighted by molar-refractivity contribution is -0.111. The molecule has 2 aromatic carbocycles. The zero-order valence-corrected chi connectivity index (χ0v) is 11.8. The van der Waals surface area contributed by atoms with E-state index >= 15 is 0 Å². The summed E-state index contributed by atoms with van der Waals surface area (Å²) in [6.07, 6.45) is 0.999. The van der Waals surface area contributed by atoms with Crippen LogP contribution in [0.1, 0.15) is 12.5 Å². The number of benzene rings is 2. The van der Waals surface area contributed by atoms with Crippen molar-refractivity contribution in [2.24, 2.45) is 0 Å². The number of aldehydes is 1. The molecule has 1 N–H and O–H groups in total. The molecule has 1 atom stereocenters. The van der Waals surface area contributed by atoms with Gasteiger partial charge in [-0.25, -0.2) is 0 Å². The lowest BCUT2D eigenvalue weighted by atomic mass is 9.83. The number of likely N-dealkylation sites (N-methyl/N-ethyl adjacent to an activating group) is 1. The summed E-state index contributed by atoms with van der Waals surface area (Å²) in [5.74, 6) is 0.239. The molecule has 104 valence electrons. The molecule has 1 unspecified atom stereocenters. The van der Waals surface area contributed by atoms with Crippen molar-refractivity contribution in [1.29, 1.82) is 0 Å². The van der Waals surface area contributed by atoms with Gasteiger partial charge in [-0.15, -0.1) is 0 Å². The van der Waals surface area contributed by atoms with Crippen LogP contribution in [0, 0.1) is 0 Å². The largest absolute Gasteiger partial charge is 0.508 e. The minimum atomic E-state index is -0.562. The quantitative estimate of drug-likeness (QED) is 0.848. The number of hydrogen-bond donors (Lipinski definition) is 1. The smallest absolute Gasteiger partial charge is 0.132 e. The molecular weight excluding hydrogens is 250 g/mol. The van der Waals surface area contributed by atoms with Crippen LogP contribution >= 0.6 is 0 Å². The van der Waals surface area contributed by atoms with E-state index in [2.05, 4.69) is 0 Å². The van der Waals surface area contributed by atoms with Crippen LogP contribution in [-0.2, 0) is 10.2 Å². The summed E-state index contributed by atoms with van der Waals surface area (Å²) in [5, 5.41) is 9.32. The number of anilines is 1. The van der Waals surface area contributed by atoms with Crippen molar-refractivity contribution in [3.63, 3.8) is 0 Å². The van der Waals surface area contributed by atoms with Gasteiger partial charge in [-0.2, -0.15) is 0 Å². The van der Waals surface area contributed by atoms with Gasteiger partial charge in [0.15, 0.2) is 0 Å². The number of nitrogens with zero attached hydrogens (tertiary/aromatic N) is 1. The normalized spacial score (nSPS) is 13.5. The van der Waals surface area contributed by atoms with Crippen LogP contribution < -0.4 is 4.90 Å². The number of phenols is 1. The molecule has 0 heterocycles. The van der Waals surface area contributed by atoms with E-state index < -0.39 is 5.41 Å². The Bertz CT molecular complexity index is 565. The Labute approximate surface area is 119 Å². The molecule has 2 rings (SSSR count). The summed E-state index contributed by atoms with van der Waals surface area (Å²) >= 11 is 0. The van der Waals surface area contributed by atoms with E-state index in [-0.39, 0.29) is 5.75 Å². The second kappa shape index (κ2) is 5.78. The SMILES string of the molecule is CN(CC(C)(C=O)c1ccccc1)c1ccc(O)cc1. The Kier molecular flexibility index (Phi) is 4.08. The van der Waals surface area contributed by atoms with Crippen LogP contribution in [0.4, 0.5) is 5.69 Å². The predicted molar refractivity (Wildman–Crippen MR) is 81.2 cm³/mol. The number of aromatic hydroxyl groups is 1. The Morgan fingerprint density at radius 3 is 2.25 bits per heavy atom. The van der Waals surface area contributed by atoms with E-state index in [0.29, 0.717) is 6.54 Å². The maximum Gasteiger partial charge on any atom is 0.132 e. The van der Waals surface area contributed by atoms with Gasteiger partial charge in [0.2, 0.25) is 0 Å². The second-order valence-electron chi connectivity index (χ2n) is 5.27. The molecule has 20 heavy (non-hydrogen) atoms. The number of phenolic OH excluding ortho intramolecular Hbond substituents is 1. The lowest BCUT2D eigenvalue weighted by Gasteiger charge is -2.31. The third-order valence-electron chi connectivity index (χ3n) is 3.55. The fourth-order valence-corrected chi connectivity index (χ4v) is 2.31. The van der Waals surface area contributed by atoms with Crippen molar-refractivity contribution < 1.29 is 9.90 Å². The molecule has 2 aromatic rings. The molecule has 0 aliphatic rings. The molecule has 0 radical (unpaired) electrons. The van der Waals surface area contributed by atoms with Crippen molar-refractivity contribution >= 4 is 12.0 Å². The summed E-state index contributed by atoms with van der Waals surface area (Å²) in [6.45, 7) is 2.51. The number of rotatable bonds is 5. The van der Waals surface area contributed by atoms with Gasteiger partial charge in [-0.05, 0) is 36.8 Å². The zero-order valence-electron chi connectivity index (χ0n) is 11.8. The van der Waals surface area contributed by atoms with Crippen LogP contribution in [0.25, 0.3) is 0 Å². The third-order valence-corrected chi connectivity index (χ3v) is 3.55. The highest BCUT2D eigenvalue weighted by molar-refractivity contribution is 5.69. The molecule has 0 fully saturated rings. The van der Waals surface area contributed by atoms with E-state index in [1.807, 2.05) is 61.3 Å². The summed E-state index contributed by atoms with van der Waals surface area (Å²) < 4.78 is 0. The number of carbonyl (C=O) groups excluding carboxylic acids is 1. The molecule has 3 heteroatoms. The Morgan fingerprint density at radius 2 is 1.70 bits per heavy atom. The van der Waals surface area contributed by atoms with Gasteiger partial charge in [0, 0.05) is 19.3 Å². The molecule has 0 saturated heterocycles. The first kappa shape index (κ1) is 14.1. The van der Waals surface area contributed by atoms with Gasteiger partial charge in [0.1, 0.15) is 12.0 Å². The topological polar surface area (TPSA) is 40.5 Å². The van der Waals surface area contributed by atoms with Crippen LogP contribution in [0.5, 0.6) is 5.75 Å². The predicted octanol–water partition coefficient (Wildman–Crippen LogP) is 2.99. The van der Waals surface area contributed by atoms with Crippen molar-refractivity contribution in [2.45, 2.75) is 12.3 Å². The Morgan fingerprint density at radius 1 is 1.10 bits per heavy atom. The molecular formula is C17H19NO2. The fourth-order valence-electron chi connectivity index (χ4n) is 2.31. The van der Waals surface area contributed by atoms with E-state index in [1.54, 1.807) is 12.1 Å². The van der Waals surface area contributed by atoms with E-state index in [1.165, 1.54) is 0 Å². The van der Waals surface area contributed by atoms with Gasteiger partial charge in [-0.1, -0.05) is 30.3 Å². The summed E-state index contributed by atoms with van der Waals surface area (Å²) in [4.78, 5) is 13.6. The lowest BCUT2D eigenvalue weighted by Crippen LogP contribution is -2.38. The zero-order chi connectivity index (χ0) is 14.6. The molecule has 0 spiro atoms. The highest BCUT2D eigenvalue weighted by Gasteiger charge is 2.27. The highest BCUT2D eigenvalue weighted by atomic mass is 16.3. The summed E-state index contributed by atoms with van der Waals surface area (Å²) in [7, 11) is 1.94. The van der Waals surface area contributed by atoms with E-state index in [0.717, 1.165) is 17.5 Å². The Hall–Kier alpha value is -2.29. The second-order valence-corrected chi connectivity index (χ2v) is 5.27. The molecule has 0 bridgehead atoms. The van der Waals surface area contributed by atoms with Crippen molar-refractivity contribution in [2.75, 3.05) is 18.5 Å². The van der Waals surface area contributed by atoms with Gasteiger partial charge < -0.3 is 14.8 Å². The minimum Gasteiger partial charge on any atom is -0.508 e. The summed E-state index contributed by atoms with van der Waals surface area (Å²) in [6, 6.07) is 16.7. The molecule has 0 aromatic heterocycles. The van der Waals surface area contributed by atoms with E-state index in [9.17, 15) is 9.90 Å². The first-order valence-corrected chi connectivity index (χ1v) is 6.57. The monoisotopic (exact) mass is 269 g/mol. The van der Waals surface area contributed by atoms with Crippen molar-refractivity contribution in [1.82, 2.24) is 0 Å². The van der Waals surface area contributed by atoms with Gasteiger partial charge in [0.25, 0.3) is 0 Å². The molecule has 0 aliphatic heterocycles. The standard InChI is InChI=1S/C17H19NO2/c1-17(13-19,14-6-4-3-5-7-14)12-18(2)15-8-10-16(20)11-9-15/h3-11,13,20H,12H2,1-2H3. The average Bonchev–Trinajstić information content (AvgIpc) is 2.48. The number of carbonyl (C=O) groups is 1. The first-order chi connectivity index (χ1) is 9.55. The third kappa shape index (κ3) is 2.99. The molecule has 3 nitrogen and oxygen atoms in total. The van der Waals surface area contributed by atoms with Gasteiger partial charge >= 0.3 is 0 Å². The number of hydrogen-bond acceptors (Lipinski definition) is 3. The minimum absolute atomic E-state index is 0.239. The average molecular weight is 269 g/mol. The van der Waals surface area contributed by atoms with Crippen LogP contribution in [-0.4, -0.2) is 25.0 Å². The van der Waals surface area contributed by atoms with Crippen LogP contribution in [0.2, 0.25) is 0 Å². The van der Waals surface area contributed by atoms with Gasteiger partial charge in [0.05, 0.1) is 5.41 Å². The molecule has 0 saturated carbocycles. The first-order valence-electron chi connectivity index (χ1n) is 6.57. The van der Waals surface area contributed by atoms with E-state index in [4.69, 9.17) is 0 Å². The van der Waals surface area contributed by atoms with Crippen molar-refractivity contribution in [3.8, 4) is 5.75 Å².